The first-order valence-electron chi connectivity index (χ1n) is 10.8. The summed E-state index contributed by atoms with van der Waals surface area (Å²) in [6.45, 7) is 4.68. The summed E-state index contributed by atoms with van der Waals surface area (Å²) >= 11 is 1.76. The lowest BCUT2D eigenvalue weighted by atomic mass is 10.1. The monoisotopic (exact) mass is 421 g/mol. The highest BCUT2D eigenvalue weighted by Crippen LogP contribution is 2.34. The second-order valence-electron chi connectivity index (χ2n) is 8.15. The van der Waals surface area contributed by atoms with Crippen LogP contribution in [0.3, 0.4) is 0 Å². The molecule has 0 saturated carbocycles. The maximum absolute atomic E-state index is 11.9. The van der Waals surface area contributed by atoms with Gasteiger partial charge in [0.15, 0.2) is 5.13 Å². The number of carbonyl (C=O) groups is 1. The van der Waals surface area contributed by atoms with Crippen molar-refractivity contribution in [1.82, 2.24) is 20.2 Å². The Morgan fingerprint density at radius 1 is 1.10 bits per heavy atom. The number of hydrogen-bond donors (Lipinski definition) is 1. The van der Waals surface area contributed by atoms with Crippen molar-refractivity contribution in [1.29, 1.82) is 0 Å². The Morgan fingerprint density at radius 3 is 2.80 bits per heavy atom. The predicted molar refractivity (Wildman–Crippen MR) is 122 cm³/mol. The molecule has 0 aliphatic carbocycles. The minimum absolute atomic E-state index is 0.171. The Kier molecular flexibility index (Phi) is 5.39. The smallest absolute Gasteiger partial charge is 0.269 e. The van der Waals surface area contributed by atoms with Gasteiger partial charge >= 0.3 is 0 Å². The number of carbonyl (C=O) groups excluding carboxylic acids is 1. The fraction of sp³-hybridized carbons (Fsp3) is 0.435. The maximum atomic E-state index is 11.9. The van der Waals surface area contributed by atoms with E-state index in [2.05, 4.69) is 32.2 Å². The zero-order chi connectivity index (χ0) is 20.5. The fourth-order valence-corrected chi connectivity index (χ4v) is 5.59. The number of fused-ring (bicyclic) bond motifs is 1. The van der Waals surface area contributed by atoms with E-state index in [4.69, 9.17) is 4.98 Å². The normalized spacial score (nSPS) is 20.0. The van der Waals surface area contributed by atoms with Gasteiger partial charge in [0.2, 0.25) is 0 Å². The Balaban J connectivity index is 1.36. The molecular weight excluding hydrogens is 394 g/mol. The third-order valence-electron chi connectivity index (χ3n) is 6.22. The van der Waals surface area contributed by atoms with E-state index in [1.807, 2.05) is 18.2 Å². The molecule has 0 bridgehead atoms. The molecule has 7 heteroatoms. The summed E-state index contributed by atoms with van der Waals surface area (Å²) in [5.41, 5.74) is 3.28. The third-order valence-corrected chi connectivity index (χ3v) is 7.30. The highest BCUT2D eigenvalue weighted by atomic mass is 32.1. The maximum Gasteiger partial charge on any atom is 0.269 e. The topological polar surface area (TPSA) is 61.4 Å². The van der Waals surface area contributed by atoms with Crippen LogP contribution in [0.4, 0.5) is 5.13 Å². The zero-order valence-corrected chi connectivity index (χ0v) is 18.1. The zero-order valence-electron chi connectivity index (χ0n) is 17.3. The summed E-state index contributed by atoms with van der Waals surface area (Å²) in [7, 11) is 1.62. The Morgan fingerprint density at radius 2 is 1.97 bits per heavy atom. The molecule has 5 rings (SSSR count). The predicted octanol–water partition coefficient (Wildman–Crippen LogP) is 3.78. The van der Waals surface area contributed by atoms with E-state index in [-0.39, 0.29) is 5.91 Å². The van der Waals surface area contributed by atoms with Crippen LogP contribution in [0.25, 0.3) is 21.5 Å². The van der Waals surface area contributed by atoms with Gasteiger partial charge in [-0.25, -0.2) is 9.97 Å². The number of pyridine rings is 1. The van der Waals surface area contributed by atoms with Gasteiger partial charge in [-0.3, -0.25) is 9.69 Å². The van der Waals surface area contributed by atoms with Gasteiger partial charge in [0.05, 0.1) is 15.9 Å². The lowest BCUT2D eigenvalue weighted by Gasteiger charge is -2.32. The first-order chi connectivity index (χ1) is 14.7. The summed E-state index contributed by atoms with van der Waals surface area (Å²) in [6.07, 6.45) is 5.30. The average Bonchev–Trinajstić information content (AvgIpc) is 3.46. The van der Waals surface area contributed by atoms with Crippen molar-refractivity contribution in [2.24, 2.45) is 0 Å². The van der Waals surface area contributed by atoms with E-state index in [9.17, 15) is 4.79 Å². The van der Waals surface area contributed by atoms with Crippen molar-refractivity contribution >= 4 is 32.6 Å². The Hall–Kier alpha value is -2.51. The molecule has 4 heterocycles. The van der Waals surface area contributed by atoms with Gasteiger partial charge in [-0.05, 0) is 56.6 Å². The van der Waals surface area contributed by atoms with Crippen LogP contribution in [-0.4, -0.2) is 60.0 Å². The van der Waals surface area contributed by atoms with Gasteiger partial charge in [0.25, 0.3) is 5.91 Å². The van der Waals surface area contributed by atoms with Crippen molar-refractivity contribution in [2.45, 2.75) is 31.7 Å². The molecule has 2 aliphatic heterocycles. The highest BCUT2D eigenvalue weighted by Gasteiger charge is 2.30. The number of nitrogens with zero attached hydrogens (tertiary/aromatic N) is 4. The van der Waals surface area contributed by atoms with Crippen molar-refractivity contribution in [3.63, 3.8) is 0 Å². The highest BCUT2D eigenvalue weighted by molar-refractivity contribution is 7.22. The molecule has 156 valence electrons. The number of piperidine rings is 1. The number of likely N-dealkylation sites (tertiary alicyclic amines) is 1. The summed E-state index contributed by atoms with van der Waals surface area (Å²) < 4.78 is 1.16. The fourth-order valence-electron chi connectivity index (χ4n) is 4.55. The van der Waals surface area contributed by atoms with E-state index in [1.165, 1.54) is 38.8 Å². The molecule has 0 spiro atoms. The van der Waals surface area contributed by atoms with Crippen LogP contribution >= 0.6 is 11.3 Å². The lowest BCUT2D eigenvalue weighted by Crippen LogP contribution is -2.40. The summed E-state index contributed by atoms with van der Waals surface area (Å²) in [4.78, 5) is 26.5. The molecule has 1 atom stereocenters. The molecule has 2 fully saturated rings. The molecule has 2 saturated heterocycles. The molecule has 2 aromatic heterocycles. The Bertz CT molecular complexity index is 1060. The van der Waals surface area contributed by atoms with Gasteiger partial charge in [-0.15, -0.1) is 0 Å². The van der Waals surface area contributed by atoms with Crippen LogP contribution in [-0.2, 0) is 0 Å². The summed E-state index contributed by atoms with van der Waals surface area (Å²) in [6, 6.07) is 12.5. The molecule has 1 N–H and O–H groups in total. The quantitative estimate of drug-likeness (QED) is 0.695. The van der Waals surface area contributed by atoms with Crippen LogP contribution in [0.1, 0.15) is 36.2 Å². The van der Waals surface area contributed by atoms with Crippen molar-refractivity contribution in [3.8, 4) is 11.3 Å². The van der Waals surface area contributed by atoms with Gasteiger partial charge in [-0.2, -0.15) is 0 Å². The average molecular weight is 422 g/mol. The SMILES string of the molecule is CNC(=O)c1cccc(-c2ccc3nc(N4CCC(N5CCCCC5)C4)sc3c2)n1. The number of rotatable bonds is 4. The lowest BCUT2D eigenvalue weighted by molar-refractivity contribution is 0.0958. The number of benzene rings is 1. The van der Waals surface area contributed by atoms with E-state index in [1.54, 1.807) is 24.5 Å². The van der Waals surface area contributed by atoms with Crippen LogP contribution in [0.5, 0.6) is 0 Å². The minimum Gasteiger partial charge on any atom is -0.354 e. The number of anilines is 1. The number of nitrogens with one attached hydrogen (secondary N) is 1. The van der Waals surface area contributed by atoms with Gasteiger partial charge in [-0.1, -0.05) is 29.9 Å². The van der Waals surface area contributed by atoms with Crippen LogP contribution in [0.2, 0.25) is 0 Å². The third kappa shape index (κ3) is 3.79. The van der Waals surface area contributed by atoms with E-state index >= 15 is 0 Å². The van der Waals surface area contributed by atoms with Gasteiger partial charge < -0.3 is 10.2 Å². The van der Waals surface area contributed by atoms with Crippen LogP contribution < -0.4 is 10.2 Å². The first-order valence-corrected chi connectivity index (χ1v) is 11.6. The van der Waals surface area contributed by atoms with Crippen LogP contribution in [0, 0.1) is 0 Å². The minimum atomic E-state index is -0.171. The molecule has 1 aromatic carbocycles. The van der Waals surface area contributed by atoms with Crippen molar-refractivity contribution < 1.29 is 4.79 Å². The van der Waals surface area contributed by atoms with Gasteiger partial charge in [0, 0.05) is 31.7 Å². The first kappa shape index (κ1) is 19.5. The Labute approximate surface area is 180 Å². The van der Waals surface area contributed by atoms with Crippen molar-refractivity contribution in [3.05, 3.63) is 42.1 Å². The molecule has 1 unspecified atom stereocenters. The standard InChI is InChI=1S/C23H27N5OS/c1-24-22(29)20-7-5-6-18(25-20)16-8-9-19-21(14-16)30-23(26-19)28-13-10-17(15-28)27-11-3-2-4-12-27/h5-9,14,17H,2-4,10-13,15H2,1H3,(H,24,29). The molecule has 30 heavy (non-hydrogen) atoms. The molecular formula is C23H27N5OS. The van der Waals surface area contributed by atoms with E-state index < -0.39 is 0 Å². The molecule has 1 amide bonds. The number of thiazole rings is 1. The molecule has 3 aromatic rings. The van der Waals surface area contributed by atoms with Crippen molar-refractivity contribution in [2.75, 3.05) is 38.1 Å². The number of amides is 1. The van der Waals surface area contributed by atoms with Crippen LogP contribution in [0.15, 0.2) is 36.4 Å². The van der Waals surface area contributed by atoms with Gasteiger partial charge in [0.1, 0.15) is 5.69 Å². The molecule has 0 radical (unpaired) electrons. The number of hydrogen-bond acceptors (Lipinski definition) is 6. The number of aromatic nitrogens is 2. The molecule has 2 aliphatic rings. The van der Waals surface area contributed by atoms with E-state index in [0.29, 0.717) is 11.7 Å². The summed E-state index contributed by atoms with van der Waals surface area (Å²) in [5, 5.41) is 3.75. The summed E-state index contributed by atoms with van der Waals surface area (Å²) in [5.74, 6) is -0.171. The van der Waals surface area contributed by atoms with E-state index in [0.717, 1.165) is 39.7 Å². The second-order valence-corrected chi connectivity index (χ2v) is 9.16. The molecule has 6 nitrogen and oxygen atoms in total. The second kappa shape index (κ2) is 8.32. The largest absolute Gasteiger partial charge is 0.354 e.